The van der Waals surface area contributed by atoms with Gasteiger partial charge in [-0.3, -0.25) is 9.89 Å². The lowest BCUT2D eigenvalue weighted by Gasteiger charge is -2.12. The Hall–Kier alpha value is -2.30. The van der Waals surface area contributed by atoms with Gasteiger partial charge in [0.1, 0.15) is 5.75 Å². The average Bonchev–Trinajstić information content (AvgIpc) is 2.72. The van der Waals surface area contributed by atoms with Gasteiger partial charge in [0.2, 0.25) is 0 Å². The average molecular weight is 273 g/mol. The number of aromatic nitrogens is 2. The Balaban J connectivity index is 2.28. The van der Waals surface area contributed by atoms with Crippen molar-refractivity contribution in [1.82, 2.24) is 10.2 Å². The highest BCUT2D eigenvalue weighted by Crippen LogP contribution is 2.26. The predicted octanol–water partition coefficient (Wildman–Crippen LogP) is 2.99. The molecule has 0 bridgehead atoms. The molecule has 0 saturated carbocycles. The maximum Gasteiger partial charge on any atom is 0.259 e. The van der Waals surface area contributed by atoms with E-state index in [1.807, 2.05) is 39.0 Å². The van der Waals surface area contributed by atoms with Crippen LogP contribution in [0.2, 0.25) is 0 Å². The van der Waals surface area contributed by atoms with Crippen LogP contribution in [0.25, 0.3) is 0 Å². The van der Waals surface area contributed by atoms with Crippen molar-refractivity contribution in [3.05, 3.63) is 40.7 Å². The van der Waals surface area contributed by atoms with E-state index in [-0.39, 0.29) is 5.91 Å². The summed E-state index contributed by atoms with van der Waals surface area (Å²) in [4.78, 5) is 12.3. The molecule has 0 fully saturated rings. The van der Waals surface area contributed by atoms with Gasteiger partial charge in [-0.15, -0.1) is 0 Å². The van der Waals surface area contributed by atoms with E-state index in [0.717, 1.165) is 11.3 Å². The van der Waals surface area contributed by atoms with Crippen molar-refractivity contribution in [3.8, 4) is 5.75 Å². The summed E-state index contributed by atoms with van der Waals surface area (Å²) >= 11 is 0. The molecule has 2 N–H and O–H groups in total. The third kappa shape index (κ3) is 2.82. The molecule has 0 unspecified atom stereocenters. The quantitative estimate of drug-likeness (QED) is 0.900. The van der Waals surface area contributed by atoms with Gasteiger partial charge in [0.25, 0.3) is 5.91 Å². The van der Waals surface area contributed by atoms with E-state index in [1.54, 1.807) is 6.92 Å². The van der Waals surface area contributed by atoms with Crippen LogP contribution in [0.1, 0.15) is 34.2 Å². The Bertz CT molecular complexity index is 613. The number of benzene rings is 1. The van der Waals surface area contributed by atoms with E-state index in [9.17, 15) is 4.79 Å². The first-order valence-electron chi connectivity index (χ1n) is 6.59. The van der Waals surface area contributed by atoms with Crippen molar-refractivity contribution < 1.29 is 9.53 Å². The molecule has 0 spiro atoms. The third-order valence-electron chi connectivity index (χ3n) is 3.04. The summed E-state index contributed by atoms with van der Waals surface area (Å²) in [5.41, 5.74) is 3.77. The van der Waals surface area contributed by atoms with Crippen LogP contribution >= 0.6 is 0 Å². The van der Waals surface area contributed by atoms with Crippen LogP contribution in [0.5, 0.6) is 5.75 Å². The van der Waals surface area contributed by atoms with Crippen molar-refractivity contribution in [2.45, 2.75) is 27.7 Å². The smallest absolute Gasteiger partial charge is 0.259 e. The second kappa shape index (κ2) is 5.77. The molecule has 0 radical (unpaired) electrons. The number of aromatic amines is 1. The lowest BCUT2D eigenvalue weighted by Crippen LogP contribution is -2.14. The van der Waals surface area contributed by atoms with Gasteiger partial charge in [0.05, 0.1) is 23.6 Å². The number of carbonyl (C=O) groups excluding carboxylic acids is 1. The molecule has 5 heteroatoms. The largest absolute Gasteiger partial charge is 0.492 e. The molecule has 106 valence electrons. The molecular formula is C15H19N3O2. The lowest BCUT2D eigenvalue weighted by molar-refractivity contribution is 0.102. The Morgan fingerprint density at radius 3 is 2.70 bits per heavy atom. The SMILES string of the molecule is CCOc1cc(C)ccc1NC(=O)c1c(C)n[nH]c1C. The van der Waals surface area contributed by atoms with Gasteiger partial charge in [-0.1, -0.05) is 6.07 Å². The fraction of sp³-hybridized carbons (Fsp3) is 0.333. The molecule has 2 rings (SSSR count). The molecule has 1 amide bonds. The topological polar surface area (TPSA) is 67.0 Å². The highest BCUT2D eigenvalue weighted by atomic mass is 16.5. The van der Waals surface area contributed by atoms with Crippen LogP contribution in [0.3, 0.4) is 0 Å². The van der Waals surface area contributed by atoms with Gasteiger partial charge in [-0.05, 0) is 45.4 Å². The predicted molar refractivity (Wildman–Crippen MR) is 78.4 cm³/mol. The minimum Gasteiger partial charge on any atom is -0.492 e. The third-order valence-corrected chi connectivity index (χ3v) is 3.04. The van der Waals surface area contributed by atoms with Crippen molar-refractivity contribution in [2.75, 3.05) is 11.9 Å². The number of nitrogens with one attached hydrogen (secondary N) is 2. The van der Waals surface area contributed by atoms with E-state index in [4.69, 9.17) is 4.74 Å². The summed E-state index contributed by atoms with van der Waals surface area (Å²) in [7, 11) is 0. The molecule has 0 aliphatic heterocycles. The molecule has 0 atom stereocenters. The van der Waals surface area contributed by atoms with Crippen LogP contribution in [0, 0.1) is 20.8 Å². The number of carbonyl (C=O) groups is 1. The minimum absolute atomic E-state index is 0.182. The first kappa shape index (κ1) is 14.1. The molecule has 5 nitrogen and oxygen atoms in total. The first-order valence-corrected chi connectivity index (χ1v) is 6.59. The van der Waals surface area contributed by atoms with Crippen LogP contribution in [0.15, 0.2) is 18.2 Å². The maximum absolute atomic E-state index is 12.3. The van der Waals surface area contributed by atoms with Crippen LogP contribution in [0.4, 0.5) is 5.69 Å². The summed E-state index contributed by atoms with van der Waals surface area (Å²) in [6.45, 7) is 8.08. The molecule has 0 saturated heterocycles. The van der Waals surface area contributed by atoms with Gasteiger partial charge < -0.3 is 10.1 Å². The number of rotatable bonds is 4. The van der Waals surface area contributed by atoms with Crippen LogP contribution in [-0.2, 0) is 0 Å². The van der Waals surface area contributed by atoms with E-state index >= 15 is 0 Å². The fourth-order valence-corrected chi connectivity index (χ4v) is 2.08. The molecule has 1 aromatic heterocycles. The number of hydrogen-bond donors (Lipinski definition) is 2. The van der Waals surface area contributed by atoms with E-state index in [0.29, 0.717) is 29.3 Å². The number of ether oxygens (including phenoxy) is 1. The Morgan fingerprint density at radius 1 is 1.35 bits per heavy atom. The summed E-state index contributed by atoms with van der Waals surface area (Å²) in [6, 6.07) is 5.70. The van der Waals surface area contributed by atoms with Crippen molar-refractivity contribution in [2.24, 2.45) is 0 Å². The Labute approximate surface area is 118 Å². The van der Waals surface area contributed by atoms with Gasteiger partial charge in [-0.25, -0.2) is 0 Å². The number of nitrogens with zero attached hydrogens (tertiary/aromatic N) is 1. The molecule has 1 heterocycles. The fourth-order valence-electron chi connectivity index (χ4n) is 2.08. The number of hydrogen-bond acceptors (Lipinski definition) is 3. The van der Waals surface area contributed by atoms with Gasteiger partial charge in [0.15, 0.2) is 0 Å². The maximum atomic E-state index is 12.3. The van der Waals surface area contributed by atoms with Crippen molar-refractivity contribution >= 4 is 11.6 Å². The standard InChI is InChI=1S/C15H19N3O2/c1-5-20-13-8-9(2)6-7-12(13)16-15(19)14-10(3)17-18-11(14)4/h6-8H,5H2,1-4H3,(H,16,19)(H,17,18). The normalized spacial score (nSPS) is 10.4. The summed E-state index contributed by atoms with van der Waals surface area (Å²) in [6.07, 6.45) is 0. The second-order valence-corrected chi connectivity index (χ2v) is 4.70. The molecule has 20 heavy (non-hydrogen) atoms. The molecule has 0 aliphatic rings. The second-order valence-electron chi connectivity index (χ2n) is 4.70. The van der Waals surface area contributed by atoms with Crippen molar-refractivity contribution in [1.29, 1.82) is 0 Å². The van der Waals surface area contributed by atoms with Gasteiger partial charge >= 0.3 is 0 Å². The van der Waals surface area contributed by atoms with E-state index in [2.05, 4.69) is 15.5 Å². The van der Waals surface area contributed by atoms with E-state index < -0.39 is 0 Å². The zero-order valence-corrected chi connectivity index (χ0v) is 12.2. The zero-order valence-electron chi connectivity index (χ0n) is 12.2. The Morgan fingerprint density at radius 2 is 2.10 bits per heavy atom. The van der Waals surface area contributed by atoms with Crippen LogP contribution < -0.4 is 10.1 Å². The summed E-state index contributed by atoms with van der Waals surface area (Å²) in [5.74, 6) is 0.498. The number of H-pyrrole nitrogens is 1. The lowest BCUT2D eigenvalue weighted by atomic mass is 10.1. The monoisotopic (exact) mass is 273 g/mol. The molecule has 0 aliphatic carbocycles. The molecule has 1 aromatic carbocycles. The summed E-state index contributed by atoms with van der Waals surface area (Å²) in [5, 5.41) is 9.73. The first-order chi connectivity index (χ1) is 9.52. The number of anilines is 1. The number of aryl methyl sites for hydroxylation is 3. The van der Waals surface area contributed by atoms with Crippen molar-refractivity contribution in [3.63, 3.8) is 0 Å². The highest BCUT2D eigenvalue weighted by Gasteiger charge is 2.16. The van der Waals surface area contributed by atoms with E-state index in [1.165, 1.54) is 0 Å². The molecule has 2 aromatic rings. The summed E-state index contributed by atoms with van der Waals surface area (Å²) < 4.78 is 5.56. The Kier molecular flexibility index (Phi) is 4.08. The minimum atomic E-state index is -0.182. The number of amides is 1. The van der Waals surface area contributed by atoms with Gasteiger partial charge in [-0.2, -0.15) is 5.10 Å². The van der Waals surface area contributed by atoms with Gasteiger partial charge in [0, 0.05) is 5.69 Å². The highest BCUT2D eigenvalue weighted by molar-refractivity contribution is 6.06. The van der Waals surface area contributed by atoms with Crippen LogP contribution in [-0.4, -0.2) is 22.7 Å². The zero-order chi connectivity index (χ0) is 14.7. The molecular weight excluding hydrogens is 254 g/mol.